The first kappa shape index (κ1) is 24.7. The van der Waals surface area contributed by atoms with Crippen molar-refractivity contribution in [2.24, 2.45) is 0 Å². The van der Waals surface area contributed by atoms with Crippen LogP contribution in [0, 0.1) is 0 Å². The zero-order chi connectivity index (χ0) is 23.3. The first-order chi connectivity index (χ1) is 15.2. The van der Waals surface area contributed by atoms with Gasteiger partial charge in [0.05, 0.1) is 12.5 Å². The van der Waals surface area contributed by atoms with E-state index in [9.17, 15) is 4.79 Å². The van der Waals surface area contributed by atoms with Crippen molar-refractivity contribution in [2.45, 2.75) is 84.8 Å². The van der Waals surface area contributed by atoms with Crippen LogP contribution in [0.3, 0.4) is 0 Å². The number of amides is 1. The summed E-state index contributed by atoms with van der Waals surface area (Å²) in [6, 6.07) is 0.274. The van der Waals surface area contributed by atoms with E-state index in [2.05, 4.69) is 47.5 Å². The molecule has 0 aromatic carbocycles. The van der Waals surface area contributed by atoms with Crippen molar-refractivity contribution in [1.29, 1.82) is 0 Å². The standard InChI is InChI=1S/C24H42N6O2/c1-6-10-18(2)32-23-26-21(25)19-17-20(31)30(22(19)27-23)12-9-7-8-11-28-13-15-29(16-14-28)24(3,4)5/h18H,6-17H2,1-5H3,(H2,25,26,27)/t18-/m0/s1. The number of carbonyl (C=O) groups is 1. The van der Waals surface area contributed by atoms with Gasteiger partial charge in [0.25, 0.3) is 0 Å². The molecular formula is C24H42N6O2. The summed E-state index contributed by atoms with van der Waals surface area (Å²) in [4.78, 5) is 28.3. The van der Waals surface area contributed by atoms with Crippen LogP contribution in [0.1, 0.15) is 72.3 Å². The third kappa shape index (κ3) is 6.32. The van der Waals surface area contributed by atoms with Crippen molar-refractivity contribution in [3.8, 4) is 6.01 Å². The number of hydrogen-bond donors (Lipinski definition) is 1. The van der Waals surface area contributed by atoms with Crippen LogP contribution in [0.15, 0.2) is 0 Å². The molecule has 2 aliphatic heterocycles. The first-order valence-electron chi connectivity index (χ1n) is 12.3. The van der Waals surface area contributed by atoms with E-state index in [0.717, 1.165) is 70.4 Å². The summed E-state index contributed by atoms with van der Waals surface area (Å²) in [5.74, 6) is 1.05. The maximum atomic E-state index is 12.6. The van der Waals surface area contributed by atoms with Gasteiger partial charge in [0, 0.05) is 43.8 Å². The number of nitrogens with two attached hydrogens (primary N) is 1. The second-order valence-corrected chi connectivity index (χ2v) is 10.2. The van der Waals surface area contributed by atoms with E-state index in [1.165, 1.54) is 0 Å². The van der Waals surface area contributed by atoms with Crippen molar-refractivity contribution >= 4 is 17.5 Å². The molecule has 2 N–H and O–H groups in total. The Labute approximate surface area is 193 Å². The SMILES string of the molecule is CCC[C@H](C)Oc1nc(N)c2c(n1)N(CCCCCN1CCN(C(C)(C)C)CC1)C(=O)C2. The number of fused-ring (bicyclic) bond motifs is 1. The maximum absolute atomic E-state index is 12.6. The third-order valence-electron chi connectivity index (χ3n) is 6.56. The molecule has 2 aliphatic rings. The molecule has 0 saturated carbocycles. The Morgan fingerprint density at radius 2 is 1.75 bits per heavy atom. The lowest BCUT2D eigenvalue weighted by molar-refractivity contribution is -0.117. The number of piperazine rings is 1. The third-order valence-corrected chi connectivity index (χ3v) is 6.56. The lowest BCUT2D eigenvalue weighted by Gasteiger charge is -2.42. The summed E-state index contributed by atoms with van der Waals surface area (Å²) in [7, 11) is 0. The van der Waals surface area contributed by atoms with Gasteiger partial charge in [-0.15, -0.1) is 0 Å². The number of aromatic nitrogens is 2. The van der Waals surface area contributed by atoms with E-state index in [-0.39, 0.29) is 30.0 Å². The summed E-state index contributed by atoms with van der Waals surface area (Å²) in [6.45, 7) is 17.4. The highest BCUT2D eigenvalue weighted by Crippen LogP contribution is 2.32. The molecule has 1 atom stereocenters. The van der Waals surface area contributed by atoms with Gasteiger partial charge in [-0.1, -0.05) is 19.8 Å². The van der Waals surface area contributed by atoms with Crippen molar-refractivity contribution in [1.82, 2.24) is 19.8 Å². The minimum Gasteiger partial charge on any atom is -0.460 e. The van der Waals surface area contributed by atoms with Crippen LogP contribution in [0.25, 0.3) is 0 Å². The topological polar surface area (TPSA) is 87.8 Å². The van der Waals surface area contributed by atoms with Crippen LogP contribution < -0.4 is 15.4 Å². The summed E-state index contributed by atoms with van der Waals surface area (Å²) >= 11 is 0. The fourth-order valence-corrected chi connectivity index (χ4v) is 4.58. The molecule has 1 aromatic rings. The van der Waals surface area contributed by atoms with E-state index in [1.54, 1.807) is 4.90 Å². The summed E-state index contributed by atoms with van der Waals surface area (Å²) in [5.41, 5.74) is 7.12. The highest BCUT2D eigenvalue weighted by atomic mass is 16.5. The van der Waals surface area contributed by atoms with Crippen LogP contribution in [0.4, 0.5) is 11.6 Å². The Bertz CT molecular complexity index is 770. The Morgan fingerprint density at radius 1 is 1.06 bits per heavy atom. The van der Waals surface area contributed by atoms with Crippen LogP contribution in [-0.4, -0.2) is 76.6 Å². The molecule has 0 aliphatic carbocycles. The van der Waals surface area contributed by atoms with Gasteiger partial charge in [-0.25, -0.2) is 0 Å². The predicted molar refractivity (Wildman–Crippen MR) is 129 cm³/mol. The molecule has 1 aromatic heterocycles. The Hall–Kier alpha value is -1.93. The van der Waals surface area contributed by atoms with E-state index in [4.69, 9.17) is 10.5 Å². The average molecular weight is 447 g/mol. The predicted octanol–water partition coefficient (Wildman–Crippen LogP) is 3.10. The molecule has 180 valence electrons. The number of anilines is 2. The van der Waals surface area contributed by atoms with Crippen LogP contribution in [0.5, 0.6) is 6.01 Å². The summed E-state index contributed by atoms with van der Waals surface area (Å²) in [5, 5.41) is 0. The summed E-state index contributed by atoms with van der Waals surface area (Å²) in [6.07, 6.45) is 5.46. The quantitative estimate of drug-likeness (QED) is 0.553. The lowest BCUT2D eigenvalue weighted by atomic mass is 10.0. The molecule has 32 heavy (non-hydrogen) atoms. The number of unbranched alkanes of at least 4 members (excludes halogenated alkanes) is 2. The van der Waals surface area contributed by atoms with E-state index < -0.39 is 0 Å². The van der Waals surface area contributed by atoms with Gasteiger partial charge in [0.1, 0.15) is 11.6 Å². The fraction of sp³-hybridized carbons (Fsp3) is 0.792. The largest absolute Gasteiger partial charge is 0.460 e. The first-order valence-corrected chi connectivity index (χ1v) is 12.3. The normalized spacial score (nSPS) is 18.8. The lowest BCUT2D eigenvalue weighted by Crippen LogP contribution is -2.53. The van der Waals surface area contributed by atoms with Gasteiger partial charge in [-0.05, 0) is 53.5 Å². The fourth-order valence-electron chi connectivity index (χ4n) is 4.58. The molecule has 3 heterocycles. The van der Waals surface area contributed by atoms with Crippen LogP contribution in [-0.2, 0) is 11.2 Å². The van der Waals surface area contributed by atoms with E-state index >= 15 is 0 Å². The molecule has 3 rings (SSSR count). The zero-order valence-corrected chi connectivity index (χ0v) is 20.7. The smallest absolute Gasteiger partial charge is 0.320 e. The van der Waals surface area contributed by atoms with Gasteiger partial charge in [0.2, 0.25) is 5.91 Å². The highest BCUT2D eigenvalue weighted by Gasteiger charge is 2.32. The number of nitrogen functional groups attached to an aromatic ring is 1. The molecule has 1 saturated heterocycles. The maximum Gasteiger partial charge on any atom is 0.320 e. The molecule has 1 fully saturated rings. The average Bonchev–Trinajstić information content (AvgIpc) is 3.03. The molecular weight excluding hydrogens is 404 g/mol. The van der Waals surface area contributed by atoms with Crippen LogP contribution in [0.2, 0.25) is 0 Å². The monoisotopic (exact) mass is 446 g/mol. The second-order valence-electron chi connectivity index (χ2n) is 10.2. The van der Waals surface area contributed by atoms with Crippen molar-refractivity contribution in [2.75, 3.05) is 49.9 Å². The molecule has 0 bridgehead atoms. The highest BCUT2D eigenvalue weighted by molar-refractivity contribution is 6.01. The molecule has 8 nitrogen and oxygen atoms in total. The minimum atomic E-state index is 0.0215. The minimum absolute atomic E-state index is 0.0215. The number of carbonyl (C=O) groups excluding carboxylic acids is 1. The molecule has 1 amide bonds. The zero-order valence-electron chi connectivity index (χ0n) is 20.7. The van der Waals surface area contributed by atoms with Gasteiger partial charge in [-0.3, -0.25) is 14.6 Å². The van der Waals surface area contributed by atoms with Gasteiger partial charge in [-0.2, -0.15) is 9.97 Å². The van der Waals surface area contributed by atoms with E-state index in [0.29, 0.717) is 18.2 Å². The Balaban J connectivity index is 1.45. The van der Waals surface area contributed by atoms with Crippen molar-refractivity contribution in [3.05, 3.63) is 5.56 Å². The Kier molecular flexibility index (Phi) is 8.33. The molecule has 0 unspecified atom stereocenters. The number of hydrogen-bond acceptors (Lipinski definition) is 7. The molecule has 0 spiro atoms. The van der Waals surface area contributed by atoms with Gasteiger partial charge < -0.3 is 15.4 Å². The Morgan fingerprint density at radius 3 is 2.41 bits per heavy atom. The van der Waals surface area contributed by atoms with Gasteiger partial charge >= 0.3 is 6.01 Å². The number of rotatable bonds is 10. The van der Waals surface area contributed by atoms with Crippen molar-refractivity contribution in [3.63, 3.8) is 0 Å². The number of nitrogens with zero attached hydrogens (tertiary/aromatic N) is 5. The van der Waals surface area contributed by atoms with E-state index in [1.807, 2.05) is 6.92 Å². The van der Waals surface area contributed by atoms with Gasteiger partial charge in [0.15, 0.2) is 0 Å². The number of ether oxygens (including phenoxy) is 1. The second kappa shape index (κ2) is 10.8. The molecule has 8 heteroatoms. The molecule has 0 radical (unpaired) electrons. The summed E-state index contributed by atoms with van der Waals surface area (Å²) < 4.78 is 5.83. The van der Waals surface area contributed by atoms with Crippen LogP contribution >= 0.6 is 0 Å². The van der Waals surface area contributed by atoms with Crippen molar-refractivity contribution < 1.29 is 9.53 Å².